The molecule has 2 aromatic carbocycles. The summed E-state index contributed by atoms with van der Waals surface area (Å²) in [5, 5.41) is 6.53. The van der Waals surface area contributed by atoms with E-state index in [9.17, 15) is 0 Å². The molecule has 6 nitrogen and oxygen atoms in total. The molecule has 3 aromatic heterocycles. The molecule has 0 aliphatic carbocycles. The molecule has 0 fully saturated rings. The second kappa shape index (κ2) is 9.49. The maximum Gasteiger partial charge on any atom is 0.219 e. The van der Waals surface area contributed by atoms with E-state index in [2.05, 4.69) is 63.8 Å². The van der Waals surface area contributed by atoms with E-state index in [0.717, 1.165) is 32.8 Å². The lowest BCUT2D eigenvalue weighted by Crippen LogP contribution is -1.97. The largest absolute Gasteiger partial charge is 0.493 e. The number of rotatable bonds is 7. The van der Waals surface area contributed by atoms with E-state index in [4.69, 9.17) is 9.47 Å². The molecule has 0 saturated carbocycles. The van der Waals surface area contributed by atoms with E-state index in [1.807, 2.05) is 36.4 Å². The van der Waals surface area contributed by atoms with Gasteiger partial charge in [0, 0.05) is 17.0 Å². The van der Waals surface area contributed by atoms with Crippen LogP contribution in [0, 0.1) is 0 Å². The van der Waals surface area contributed by atoms with Crippen LogP contribution in [0.1, 0.15) is 25.3 Å². The van der Waals surface area contributed by atoms with E-state index in [-0.39, 0.29) is 0 Å². The van der Waals surface area contributed by atoms with Gasteiger partial charge >= 0.3 is 0 Å². The van der Waals surface area contributed by atoms with Gasteiger partial charge in [0.25, 0.3) is 0 Å². The minimum absolute atomic E-state index is 0.476. The number of fused-ring (bicyclic) bond motifs is 1. The summed E-state index contributed by atoms with van der Waals surface area (Å²) in [7, 11) is 1.61. The molecule has 5 aromatic rings. The molecule has 34 heavy (non-hydrogen) atoms. The minimum atomic E-state index is 0.476. The standard InChI is InChI=1S/C27H24N4O2S/c1-17(2)18-8-10-19(11-9-18)21-15-34-27-25(21)26(29-16-30-27)31-20-12-13-24(28-14-20)33-23-7-5-4-6-22(23)32-3/h4-17H,1-3H3,(H,29,30,31). The lowest BCUT2D eigenvalue weighted by Gasteiger charge is -2.11. The Morgan fingerprint density at radius 3 is 2.38 bits per heavy atom. The first-order valence-corrected chi connectivity index (χ1v) is 11.9. The number of nitrogens with zero attached hydrogens (tertiary/aromatic N) is 3. The summed E-state index contributed by atoms with van der Waals surface area (Å²) in [5.41, 5.74) is 4.38. The maximum atomic E-state index is 5.88. The van der Waals surface area contributed by atoms with Crippen molar-refractivity contribution in [3.05, 3.63) is 84.1 Å². The van der Waals surface area contributed by atoms with Crippen LogP contribution in [0.25, 0.3) is 21.3 Å². The average molecular weight is 469 g/mol. The van der Waals surface area contributed by atoms with Crippen LogP contribution >= 0.6 is 11.3 Å². The van der Waals surface area contributed by atoms with Crippen molar-refractivity contribution < 1.29 is 9.47 Å². The van der Waals surface area contributed by atoms with Crippen LogP contribution in [0.15, 0.2) is 78.6 Å². The lowest BCUT2D eigenvalue weighted by molar-refractivity contribution is 0.374. The number of pyridine rings is 1. The lowest BCUT2D eigenvalue weighted by atomic mass is 9.99. The summed E-state index contributed by atoms with van der Waals surface area (Å²) in [6.07, 6.45) is 3.31. The van der Waals surface area contributed by atoms with E-state index in [1.165, 1.54) is 5.56 Å². The Hall–Kier alpha value is -3.97. The number of aromatic nitrogens is 3. The fourth-order valence-electron chi connectivity index (χ4n) is 3.70. The molecule has 0 aliphatic rings. The Morgan fingerprint density at radius 2 is 1.68 bits per heavy atom. The molecule has 0 bridgehead atoms. The van der Waals surface area contributed by atoms with Gasteiger partial charge in [0.15, 0.2) is 11.5 Å². The van der Waals surface area contributed by atoms with Crippen molar-refractivity contribution in [2.24, 2.45) is 0 Å². The number of ether oxygens (including phenoxy) is 2. The second-order valence-electron chi connectivity index (χ2n) is 8.09. The highest BCUT2D eigenvalue weighted by molar-refractivity contribution is 7.17. The molecule has 0 aliphatic heterocycles. The molecule has 1 N–H and O–H groups in total. The summed E-state index contributed by atoms with van der Waals surface area (Å²) in [6, 6.07) is 19.9. The summed E-state index contributed by atoms with van der Waals surface area (Å²) in [6.45, 7) is 4.40. The Morgan fingerprint density at radius 1 is 0.882 bits per heavy atom. The first-order valence-electron chi connectivity index (χ1n) is 11.0. The van der Waals surface area contributed by atoms with E-state index < -0.39 is 0 Å². The number of thiophene rings is 1. The van der Waals surface area contributed by atoms with Crippen LogP contribution in [-0.4, -0.2) is 22.1 Å². The monoisotopic (exact) mass is 468 g/mol. The van der Waals surface area contributed by atoms with Crippen molar-refractivity contribution in [1.82, 2.24) is 15.0 Å². The highest BCUT2D eigenvalue weighted by atomic mass is 32.1. The third-order valence-electron chi connectivity index (χ3n) is 5.54. The SMILES string of the molecule is COc1ccccc1Oc1ccc(Nc2ncnc3scc(-c4ccc(C(C)C)cc4)c23)cn1. The molecular weight excluding hydrogens is 444 g/mol. The quantitative estimate of drug-likeness (QED) is 0.268. The number of para-hydroxylation sites is 2. The van der Waals surface area contributed by atoms with Crippen molar-refractivity contribution >= 4 is 33.1 Å². The number of hydrogen-bond acceptors (Lipinski definition) is 7. The fourth-order valence-corrected chi connectivity index (χ4v) is 4.61. The van der Waals surface area contributed by atoms with Crippen LogP contribution < -0.4 is 14.8 Å². The van der Waals surface area contributed by atoms with E-state index in [1.54, 1.807) is 31.0 Å². The molecular formula is C27H24N4O2S. The smallest absolute Gasteiger partial charge is 0.219 e. The first kappa shape index (κ1) is 21.9. The molecule has 0 radical (unpaired) electrons. The van der Waals surface area contributed by atoms with Gasteiger partial charge in [0.2, 0.25) is 5.88 Å². The normalized spacial score (nSPS) is 11.1. The first-order chi connectivity index (χ1) is 16.6. The van der Waals surface area contributed by atoms with Crippen molar-refractivity contribution in [3.63, 3.8) is 0 Å². The van der Waals surface area contributed by atoms with Crippen LogP contribution in [0.5, 0.6) is 17.4 Å². The van der Waals surface area contributed by atoms with Crippen molar-refractivity contribution in [2.75, 3.05) is 12.4 Å². The number of anilines is 2. The summed E-state index contributed by atoms with van der Waals surface area (Å²) >= 11 is 1.61. The number of benzene rings is 2. The molecule has 170 valence electrons. The Bertz CT molecular complexity index is 1410. The Labute approximate surface area is 202 Å². The highest BCUT2D eigenvalue weighted by Gasteiger charge is 2.14. The van der Waals surface area contributed by atoms with Gasteiger partial charge in [-0.1, -0.05) is 50.2 Å². The van der Waals surface area contributed by atoms with Crippen LogP contribution in [0.2, 0.25) is 0 Å². The zero-order chi connectivity index (χ0) is 23.5. The molecule has 0 atom stereocenters. The van der Waals surface area contributed by atoms with Gasteiger partial charge in [-0.2, -0.15) is 0 Å². The van der Waals surface area contributed by atoms with Gasteiger partial charge in [-0.05, 0) is 35.2 Å². The molecule has 3 heterocycles. The van der Waals surface area contributed by atoms with E-state index >= 15 is 0 Å². The molecule has 0 saturated heterocycles. The summed E-state index contributed by atoms with van der Waals surface area (Å²) < 4.78 is 11.2. The van der Waals surface area contributed by atoms with E-state index in [0.29, 0.717) is 23.3 Å². The molecule has 0 unspecified atom stereocenters. The van der Waals surface area contributed by atoms with Crippen molar-refractivity contribution in [3.8, 4) is 28.5 Å². The minimum Gasteiger partial charge on any atom is -0.493 e. The fraction of sp³-hybridized carbons (Fsp3) is 0.148. The molecule has 0 spiro atoms. The Kier molecular flexibility index (Phi) is 6.10. The number of nitrogens with one attached hydrogen (secondary N) is 1. The van der Waals surface area contributed by atoms with Gasteiger partial charge in [0.1, 0.15) is 17.0 Å². The maximum absolute atomic E-state index is 5.88. The number of methoxy groups -OCH3 is 1. The van der Waals surface area contributed by atoms with Gasteiger partial charge in [-0.3, -0.25) is 0 Å². The predicted octanol–water partition coefficient (Wildman–Crippen LogP) is 7.42. The van der Waals surface area contributed by atoms with Crippen LogP contribution in [0.4, 0.5) is 11.5 Å². The third-order valence-corrected chi connectivity index (χ3v) is 6.43. The summed E-state index contributed by atoms with van der Waals surface area (Å²) in [4.78, 5) is 14.4. The molecule has 5 rings (SSSR count). The van der Waals surface area contributed by atoms with Gasteiger partial charge in [-0.15, -0.1) is 11.3 Å². The zero-order valence-electron chi connectivity index (χ0n) is 19.1. The number of hydrogen-bond donors (Lipinski definition) is 1. The highest BCUT2D eigenvalue weighted by Crippen LogP contribution is 2.38. The van der Waals surface area contributed by atoms with Gasteiger partial charge in [0.05, 0.1) is 24.4 Å². The van der Waals surface area contributed by atoms with Crippen molar-refractivity contribution in [1.29, 1.82) is 0 Å². The zero-order valence-corrected chi connectivity index (χ0v) is 20.0. The van der Waals surface area contributed by atoms with Crippen LogP contribution in [-0.2, 0) is 0 Å². The third kappa shape index (κ3) is 4.43. The molecule has 0 amide bonds. The Balaban J connectivity index is 1.41. The van der Waals surface area contributed by atoms with Crippen molar-refractivity contribution in [2.45, 2.75) is 19.8 Å². The second-order valence-corrected chi connectivity index (χ2v) is 8.95. The van der Waals surface area contributed by atoms with Crippen LogP contribution in [0.3, 0.4) is 0 Å². The van der Waals surface area contributed by atoms with Gasteiger partial charge < -0.3 is 14.8 Å². The molecule has 7 heteroatoms. The topological polar surface area (TPSA) is 69.2 Å². The van der Waals surface area contributed by atoms with Gasteiger partial charge in [-0.25, -0.2) is 15.0 Å². The average Bonchev–Trinajstić information content (AvgIpc) is 3.31. The summed E-state index contributed by atoms with van der Waals surface area (Å²) in [5.74, 6) is 2.98. The predicted molar refractivity (Wildman–Crippen MR) is 138 cm³/mol.